The number of carbonyl (C=O) groups excluding carboxylic acids is 2. The highest BCUT2D eigenvalue weighted by molar-refractivity contribution is 14.1. The second kappa shape index (κ2) is 7.08. The van der Waals surface area contributed by atoms with Crippen molar-refractivity contribution in [3.8, 4) is 11.5 Å². The number of hydrogen-bond acceptors (Lipinski definition) is 4. The Morgan fingerprint density at radius 3 is 2.92 bits per heavy atom. The second-order valence-electron chi connectivity index (χ2n) is 5.13. The third-order valence-electron chi connectivity index (χ3n) is 3.56. The molecule has 0 radical (unpaired) electrons. The van der Waals surface area contributed by atoms with Crippen molar-refractivity contribution >= 4 is 45.8 Å². The zero-order valence-electron chi connectivity index (χ0n) is 12.9. The lowest BCUT2D eigenvalue weighted by Crippen LogP contribution is -2.43. The number of hydrogen-bond donors (Lipinski definition) is 1. The molecule has 1 aliphatic heterocycles. The van der Waals surface area contributed by atoms with Crippen LogP contribution in [0.5, 0.6) is 11.5 Å². The van der Waals surface area contributed by atoms with Crippen molar-refractivity contribution in [1.82, 2.24) is 0 Å². The summed E-state index contributed by atoms with van der Waals surface area (Å²) < 4.78 is 11.4. The molecule has 7 heteroatoms. The van der Waals surface area contributed by atoms with Crippen LogP contribution in [-0.2, 0) is 9.59 Å². The van der Waals surface area contributed by atoms with Crippen molar-refractivity contribution in [3.63, 3.8) is 0 Å². The maximum absolute atomic E-state index is 12.4. The standard InChI is InChI=1S/C17H15IN2O4/c1-23-11-6-7-12(18)13(8-11)19-16(21)9-20-14-4-2-3-5-15(14)24-10-17(20)22/h2-8H,9-10H2,1H3,(H,19,21). The Kier molecular flexibility index (Phi) is 4.89. The summed E-state index contributed by atoms with van der Waals surface area (Å²) in [5.41, 5.74) is 1.25. The topological polar surface area (TPSA) is 67.9 Å². The van der Waals surface area contributed by atoms with Gasteiger partial charge in [-0.05, 0) is 46.9 Å². The van der Waals surface area contributed by atoms with Gasteiger partial charge in [-0.15, -0.1) is 0 Å². The van der Waals surface area contributed by atoms with E-state index in [0.717, 1.165) is 3.57 Å². The summed E-state index contributed by atoms with van der Waals surface area (Å²) in [5.74, 6) is 0.717. The first-order chi connectivity index (χ1) is 11.6. The van der Waals surface area contributed by atoms with Crippen LogP contribution in [0.3, 0.4) is 0 Å². The highest BCUT2D eigenvalue weighted by Crippen LogP contribution is 2.31. The molecule has 24 heavy (non-hydrogen) atoms. The number of fused-ring (bicyclic) bond motifs is 1. The van der Waals surface area contributed by atoms with Crippen molar-refractivity contribution in [3.05, 3.63) is 46.0 Å². The molecule has 2 aromatic carbocycles. The zero-order valence-corrected chi connectivity index (χ0v) is 15.1. The lowest BCUT2D eigenvalue weighted by atomic mass is 10.2. The summed E-state index contributed by atoms with van der Waals surface area (Å²) >= 11 is 2.13. The Morgan fingerprint density at radius 2 is 2.12 bits per heavy atom. The summed E-state index contributed by atoms with van der Waals surface area (Å²) in [7, 11) is 1.57. The molecular formula is C17H15IN2O4. The van der Waals surface area contributed by atoms with E-state index in [-0.39, 0.29) is 25.0 Å². The van der Waals surface area contributed by atoms with E-state index in [1.807, 2.05) is 18.2 Å². The number of carbonyl (C=O) groups is 2. The predicted molar refractivity (Wildman–Crippen MR) is 98.6 cm³/mol. The highest BCUT2D eigenvalue weighted by Gasteiger charge is 2.27. The van der Waals surface area contributed by atoms with Crippen LogP contribution in [0.4, 0.5) is 11.4 Å². The highest BCUT2D eigenvalue weighted by atomic mass is 127. The van der Waals surface area contributed by atoms with Gasteiger partial charge >= 0.3 is 0 Å². The van der Waals surface area contributed by atoms with Gasteiger partial charge in [0.2, 0.25) is 5.91 Å². The molecule has 0 unspecified atom stereocenters. The maximum atomic E-state index is 12.4. The third kappa shape index (κ3) is 3.45. The van der Waals surface area contributed by atoms with Gasteiger partial charge in [0.05, 0.1) is 18.5 Å². The van der Waals surface area contributed by atoms with Gasteiger partial charge in [-0.3, -0.25) is 14.5 Å². The lowest BCUT2D eigenvalue weighted by molar-refractivity contribution is -0.123. The minimum absolute atomic E-state index is 0.0685. The Labute approximate surface area is 152 Å². The van der Waals surface area contributed by atoms with Crippen LogP contribution < -0.4 is 19.7 Å². The molecule has 1 aliphatic rings. The lowest BCUT2D eigenvalue weighted by Gasteiger charge is -2.28. The van der Waals surface area contributed by atoms with Crippen LogP contribution in [0.25, 0.3) is 0 Å². The van der Waals surface area contributed by atoms with Gasteiger partial charge in [-0.2, -0.15) is 0 Å². The summed E-state index contributed by atoms with van der Waals surface area (Å²) in [6, 6.07) is 12.6. The first-order valence-corrected chi connectivity index (χ1v) is 8.32. The largest absolute Gasteiger partial charge is 0.497 e. The van der Waals surface area contributed by atoms with E-state index in [9.17, 15) is 9.59 Å². The average molecular weight is 438 g/mol. The van der Waals surface area contributed by atoms with Crippen molar-refractivity contribution in [1.29, 1.82) is 0 Å². The Balaban J connectivity index is 1.77. The fourth-order valence-corrected chi connectivity index (χ4v) is 2.86. The molecule has 0 aliphatic carbocycles. The fraction of sp³-hybridized carbons (Fsp3) is 0.176. The molecule has 0 bridgehead atoms. The molecule has 0 aromatic heterocycles. The van der Waals surface area contributed by atoms with Gasteiger partial charge in [0.25, 0.3) is 5.91 Å². The van der Waals surface area contributed by atoms with E-state index in [4.69, 9.17) is 9.47 Å². The molecule has 2 aromatic rings. The molecule has 0 saturated heterocycles. The van der Waals surface area contributed by atoms with Gasteiger partial charge in [-0.25, -0.2) is 0 Å². The summed E-state index contributed by atoms with van der Waals surface area (Å²) in [6.45, 7) is -0.145. The van der Waals surface area contributed by atoms with Crippen LogP contribution in [0.1, 0.15) is 0 Å². The molecule has 0 fully saturated rings. The van der Waals surface area contributed by atoms with Gasteiger partial charge in [0, 0.05) is 9.64 Å². The molecule has 3 rings (SSSR count). The fourth-order valence-electron chi connectivity index (χ4n) is 2.39. The number of anilines is 2. The van der Waals surface area contributed by atoms with Crippen LogP contribution >= 0.6 is 22.6 Å². The molecule has 6 nitrogen and oxygen atoms in total. The molecule has 1 N–H and O–H groups in total. The maximum Gasteiger partial charge on any atom is 0.265 e. The molecular weight excluding hydrogens is 423 g/mol. The van der Waals surface area contributed by atoms with E-state index in [2.05, 4.69) is 27.9 Å². The first-order valence-electron chi connectivity index (χ1n) is 7.24. The van der Waals surface area contributed by atoms with E-state index in [1.165, 1.54) is 4.90 Å². The summed E-state index contributed by atoms with van der Waals surface area (Å²) in [6.07, 6.45) is 0. The number of nitrogens with one attached hydrogen (secondary N) is 1. The normalized spacial score (nSPS) is 13.1. The summed E-state index contributed by atoms with van der Waals surface area (Å²) in [5, 5.41) is 2.82. The minimum atomic E-state index is -0.286. The number of methoxy groups -OCH3 is 1. The van der Waals surface area contributed by atoms with Crippen molar-refractivity contribution in [2.75, 3.05) is 30.5 Å². The van der Waals surface area contributed by atoms with Crippen molar-refractivity contribution < 1.29 is 19.1 Å². The zero-order chi connectivity index (χ0) is 17.1. The monoisotopic (exact) mass is 438 g/mol. The summed E-state index contributed by atoms with van der Waals surface area (Å²) in [4.78, 5) is 25.9. The predicted octanol–water partition coefficient (Wildman–Crippen LogP) is 2.66. The van der Waals surface area contributed by atoms with Crippen LogP contribution in [-0.4, -0.2) is 32.1 Å². The molecule has 2 amide bonds. The van der Waals surface area contributed by atoms with E-state index in [1.54, 1.807) is 31.4 Å². The molecule has 0 saturated carbocycles. The smallest absolute Gasteiger partial charge is 0.265 e. The van der Waals surface area contributed by atoms with Crippen LogP contribution in [0.15, 0.2) is 42.5 Å². The molecule has 0 spiro atoms. The van der Waals surface area contributed by atoms with E-state index < -0.39 is 0 Å². The van der Waals surface area contributed by atoms with Crippen molar-refractivity contribution in [2.24, 2.45) is 0 Å². The molecule has 0 atom stereocenters. The Hall–Kier alpha value is -2.29. The number of ether oxygens (including phenoxy) is 2. The number of para-hydroxylation sites is 2. The van der Waals surface area contributed by atoms with Gasteiger partial charge in [-0.1, -0.05) is 12.1 Å². The second-order valence-corrected chi connectivity index (χ2v) is 6.29. The van der Waals surface area contributed by atoms with E-state index >= 15 is 0 Å². The SMILES string of the molecule is COc1ccc(I)c(NC(=O)CN2C(=O)COc3ccccc32)c1. The number of nitrogens with zero attached hydrogens (tertiary/aromatic N) is 1. The van der Waals surface area contributed by atoms with E-state index in [0.29, 0.717) is 22.9 Å². The number of benzene rings is 2. The minimum Gasteiger partial charge on any atom is -0.497 e. The molecule has 1 heterocycles. The third-order valence-corrected chi connectivity index (χ3v) is 4.50. The van der Waals surface area contributed by atoms with Crippen LogP contribution in [0, 0.1) is 3.57 Å². The van der Waals surface area contributed by atoms with Gasteiger partial charge < -0.3 is 14.8 Å². The van der Waals surface area contributed by atoms with Crippen LogP contribution in [0.2, 0.25) is 0 Å². The van der Waals surface area contributed by atoms with Gasteiger partial charge in [0.15, 0.2) is 6.61 Å². The van der Waals surface area contributed by atoms with Crippen molar-refractivity contribution in [2.45, 2.75) is 0 Å². The Bertz CT molecular complexity index is 794. The first kappa shape index (κ1) is 16.6. The van der Waals surface area contributed by atoms with Gasteiger partial charge in [0.1, 0.15) is 18.0 Å². The molecule has 124 valence electrons. The Morgan fingerprint density at radius 1 is 1.33 bits per heavy atom. The number of rotatable bonds is 4. The average Bonchev–Trinajstić information content (AvgIpc) is 2.59. The number of halogens is 1. The quantitative estimate of drug-likeness (QED) is 0.746. The number of amides is 2.